The van der Waals surface area contributed by atoms with E-state index in [9.17, 15) is 14.9 Å². The van der Waals surface area contributed by atoms with Crippen molar-refractivity contribution in [2.24, 2.45) is 0 Å². The molecule has 1 rings (SSSR count). The maximum atomic E-state index is 11.1. The van der Waals surface area contributed by atoms with E-state index in [0.717, 1.165) is 6.07 Å². The molecule has 0 saturated heterocycles. The van der Waals surface area contributed by atoms with Crippen LogP contribution in [-0.2, 0) is 4.74 Å². The number of benzene rings is 1. The van der Waals surface area contributed by atoms with Crippen LogP contribution >= 0.6 is 0 Å². The van der Waals surface area contributed by atoms with E-state index in [2.05, 4.69) is 5.32 Å². The zero-order valence-corrected chi connectivity index (χ0v) is 11.0. The molecule has 0 aliphatic carbocycles. The van der Waals surface area contributed by atoms with Gasteiger partial charge in [-0.2, -0.15) is 0 Å². The highest BCUT2D eigenvalue weighted by atomic mass is 16.6. The summed E-state index contributed by atoms with van der Waals surface area (Å²) in [7, 11) is 1.53. The lowest BCUT2D eigenvalue weighted by molar-refractivity contribution is -0.384. The van der Waals surface area contributed by atoms with Gasteiger partial charge >= 0.3 is 5.97 Å². The van der Waals surface area contributed by atoms with E-state index in [1.54, 1.807) is 0 Å². The summed E-state index contributed by atoms with van der Waals surface area (Å²) < 4.78 is 5.19. The standard InChI is InChI=1S/C12H16N2O5/c1-12(2,19-3)7-13-10-6-8(14(17)18)4-5-9(10)11(15)16/h4-6,13H,7H2,1-3H3,(H,15,16). The van der Waals surface area contributed by atoms with Crippen LogP contribution in [0.2, 0.25) is 0 Å². The van der Waals surface area contributed by atoms with Crippen molar-refractivity contribution in [1.29, 1.82) is 0 Å². The molecule has 7 nitrogen and oxygen atoms in total. The number of nitrogens with one attached hydrogen (secondary N) is 1. The molecule has 0 fully saturated rings. The number of ether oxygens (including phenoxy) is 1. The summed E-state index contributed by atoms with van der Waals surface area (Å²) in [6.45, 7) is 3.96. The minimum atomic E-state index is -1.15. The Balaban J connectivity index is 3.04. The highest BCUT2D eigenvalue weighted by molar-refractivity contribution is 5.94. The third kappa shape index (κ3) is 3.92. The van der Waals surface area contributed by atoms with Crippen LogP contribution < -0.4 is 5.32 Å². The zero-order chi connectivity index (χ0) is 14.6. The number of nitrogens with zero attached hydrogens (tertiary/aromatic N) is 1. The van der Waals surface area contributed by atoms with Crippen molar-refractivity contribution >= 4 is 17.3 Å². The zero-order valence-electron chi connectivity index (χ0n) is 11.0. The summed E-state index contributed by atoms with van der Waals surface area (Å²) in [5.41, 5.74) is -0.493. The fraction of sp³-hybridized carbons (Fsp3) is 0.417. The van der Waals surface area contributed by atoms with E-state index in [4.69, 9.17) is 9.84 Å². The summed E-state index contributed by atoms with van der Waals surface area (Å²) >= 11 is 0. The Morgan fingerprint density at radius 2 is 2.16 bits per heavy atom. The van der Waals surface area contributed by atoms with E-state index in [0.29, 0.717) is 6.54 Å². The van der Waals surface area contributed by atoms with Crippen LogP contribution in [0.5, 0.6) is 0 Å². The molecule has 1 aromatic rings. The quantitative estimate of drug-likeness (QED) is 0.605. The van der Waals surface area contributed by atoms with Crippen molar-refractivity contribution in [1.82, 2.24) is 0 Å². The van der Waals surface area contributed by atoms with Crippen LogP contribution in [-0.4, -0.2) is 35.3 Å². The molecule has 0 aromatic heterocycles. The van der Waals surface area contributed by atoms with Crippen LogP contribution in [0.25, 0.3) is 0 Å². The average Bonchev–Trinajstić information content (AvgIpc) is 2.35. The summed E-state index contributed by atoms with van der Waals surface area (Å²) in [5.74, 6) is -1.15. The van der Waals surface area contributed by atoms with Crippen molar-refractivity contribution in [3.63, 3.8) is 0 Å². The van der Waals surface area contributed by atoms with Crippen LogP contribution in [0, 0.1) is 10.1 Å². The molecule has 104 valence electrons. The van der Waals surface area contributed by atoms with Crippen molar-refractivity contribution in [2.45, 2.75) is 19.4 Å². The maximum absolute atomic E-state index is 11.1. The molecule has 0 aliphatic rings. The number of nitro benzene ring substituents is 1. The Kier molecular flexibility index (Phi) is 4.44. The van der Waals surface area contributed by atoms with Crippen molar-refractivity contribution in [3.05, 3.63) is 33.9 Å². The summed E-state index contributed by atoms with van der Waals surface area (Å²) in [6, 6.07) is 3.58. The Hall–Kier alpha value is -2.15. The number of carboxylic acids is 1. The molecule has 1 aromatic carbocycles. The molecule has 0 radical (unpaired) electrons. The van der Waals surface area contributed by atoms with Crippen LogP contribution in [0.1, 0.15) is 24.2 Å². The number of methoxy groups -OCH3 is 1. The van der Waals surface area contributed by atoms with Gasteiger partial charge in [0.25, 0.3) is 5.69 Å². The molecule has 0 heterocycles. The van der Waals surface area contributed by atoms with E-state index in [1.165, 1.54) is 19.2 Å². The lowest BCUT2D eigenvalue weighted by Gasteiger charge is -2.24. The van der Waals surface area contributed by atoms with Crippen molar-refractivity contribution in [2.75, 3.05) is 19.0 Å². The van der Waals surface area contributed by atoms with Gasteiger partial charge in [0.15, 0.2) is 0 Å². The summed E-state index contributed by atoms with van der Waals surface area (Å²) in [5, 5.41) is 22.6. The van der Waals surface area contributed by atoms with Gasteiger partial charge in [-0.25, -0.2) is 4.79 Å². The van der Waals surface area contributed by atoms with Gasteiger partial charge in [0.1, 0.15) is 0 Å². The fourth-order valence-electron chi connectivity index (χ4n) is 1.36. The highest BCUT2D eigenvalue weighted by Gasteiger charge is 2.19. The van der Waals surface area contributed by atoms with Crippen LogP contribution in [0.4, 0.5) is 11.4 Å². The van der Waals surface area contributed by atoms with Gasteiger partial charge in [-0.1, -0.05) is 0 Å². The first-order valence-electron chi connectivity index (χ1n) is 5.57. The van der Waals surface area contributed by atoms with Gasteiger partial charge in [0.2, 0.25) is 0 Å². The van der Waals surface area contributed by atoms with Gasteiger partial charge in [-0.15, -0.1) is 0 Å². The molecule has 0 saturated carbocycles. The summed E-state index contributed by atoms with van der Waals surface area (Å²) in [6.07, 6.45) is 0. The largest absolute Gasteiger partial charge is 0.478 e. The number of carboxylic acid groups (broad SMARTS) is 1. The van der Waals surface area contributed by atoms with E-state index < -0.39 is 16.5 Å². The van der Waals surface area contributed by atoms with Crippen LogP contribution in [0.15, 0.2) is 18.2 Å². The first-order valence-corrected chi connectivity index (χ1v) is 5.57. The minimum absolute atomic E-state index is 0.0162. The maximum Gasteiger partial charge on any atom is 0.337 e. The lowest BCUT2D eigenvalue weighted by atomic mass is 10.1. The molecule has 7 heteroatoms. The second-order valence-corrected chi connectivity index (χ2v) is 4.61. The number of hydrogen-bond donors (Lipinski definition) is 2. The third-order valence-corrected chi connectivity index (χ3v) is 2.70. The number of anilines is 1. The van der Waals surface area contributed by atoms with Gasteiger partial charge in [-0.3, -0.25) is 10.1 Å². The number of hydrogen-bond acceptors (Lipinski definition) is 5. The Morgan fingerprint density at radius 1 is 1.53 bits per heavy atom. The molecule has 0 bridgehead atoms. The smallest absolute Gasteiger partial charge is 0.337 e. The van der Waals surface area contributed by atoms with Gasteiger partial charge in [0.05, 0.1) is 21.8 Å². The Morgan fingerprint density at radius 3 is 2.63 bits per heavy atom. The Labute approximate surface area is 110 Å². The predicted molar refractivity (Wildman–Crippen MR) is 69.6 cm³/mol. The third-order valence-electron chi connectivity index (χ3n) is 2.70. The number of rotatable bonds is 6. The fourth-order valence-corrected chi connectivity index (χ4v) is 1.36. The Bertz CT molecular complexity index is 499. The first-order chi connectivity index (χ1) is 8.76. The van der Waals surface area contributed by atoms with E-state index in [1.807, 2.05) is 13.8 Å². The predicted octanol–water partition coefficient (Wildman–Crippen LogP) is 2.13. The molecule has 0 amide bonds. The number of nitro groups is 1. The van der Waals surface area contributed by atoms with Crippen LogP contribution in [0.3, 0.4) is 0 Å². The molecule has 19 heavy (non-hydrogen) atoms. The van der Waals surface area contributed by atoms with Crippen molar-refractivity contribution in [3.8, 4) is 0 Å². The minimum Gasteiger partial charge on any atom is -0.478 e. The molecular weight excluding hydrogens is 252 g/mol. The molecule has 0 unspecified atom stereocenters. The SMILES string of the molecule is COC(C)(C)CNc1cc([N+](=O)[O-])ccc1C(=O)O. The van der Waals surface area contributed by atoms with Gasteiger partial charge in [-0.05, 0) is 19.9 Å². The van der Waals surface area contributed by atoms with E-state index in [-0.39, 0.29) is 16.9 Å². The average molecular weight is 268 g/mol. The summed E-state index contributed by atoms with van der Waals surface area (Å²) in [4.78, 5) is 21.2. The monoisotopic (exact) mass is 268 g/mol. The molecule has 0 aliphatic heterocycles. The number of carbonyl (C=O) groups is 1. The van der Waals surface area contributed by atoms with E-state index >= 15 is 0 Å². The first kappa shape index (κ1) is 14.9. The lowest BCUT2D eigenvalue weighted by Crippen LogP contribution is -2.32. The van der Waals surface area contributed by atoms with Gasteiger partial charge < -0.3 is 15.2 Å². The second-order valence-electron chi connectivity index (χ2n) is 4.61. The molecular formula is C12H16N2O5. The number of aromatic carboxylic acids is 1. The van der Waals surface area contributed by atoms with Crippen molar-refractivity contribution < 1.29 is 19.6 Å². The topological polar surface area (TPSA) is 102 Å². The normalized spacial score (nSPS) is 11.1. The number of non-ortho nitro benzene ring substituents is 1. The van der Waals surface area contributed by atoms with Gasteiger partial charge in [0, 0.05) is 25.8 Å². The molecule has 0 atom stereocenters. The highest BCUT2D eigenvalue weighted by Crippen LogP contribution is 2.23. The molecule has 2 N–H and O–H groups in total. The molecule has 0 spiro atoms. The second kappa shape index (κ2) is 5.66.